The monoisotopic (exact) mass is 257 g/mol. The molecule has 0 aliphatic carbocycles. The maximum atomic E-state index is 11.0. The number of nitrogens with zero attached hydrogens (tertiary/aromatic N) is 1. The Kier molecular flexibility index (Phi) is 6.05. The molecule has 0 aromatic heterocycles. The third kappa shape index (κ3) is 6.32. The molecule has 5 nitrogen and oxygen atoms in total. The van der Waals surface area contributed by atoms with Gasteiger partial charge < -0.3 is 10.6 Å². The van der Waals surface area contributed by atoms with E-state index in [0.29, 0.717) is 0 Å². The fourth-order valence-electron chi connectivity index (χ4n) is 1.80. The zero-order chi connectivity index (χ0) is 10.8. The van der Waals surface area contributed by atoms with Crippen LogP contribution in [-0.4, -0.2) is 51.3 Å². The molecule has 2 atom stereocenters. The van der Waals surface area contributed by atoms with Gasteiger partial charge >= 0.3 is 0 Å². The maximum Gasteiger partial charge on any atom is 0.208 e. The van der Waals surface area contributed by atoms with Gasteiger partial charge in [-0.05, 0) is 19.9 Å². The lowest BCUT2D eigenvalue weighted by Crippen LogP contribution is -2.39. The second-order valence-electron chi connectivity index (χ2n) is 4.11. The average molecular weight is 258 g/mol. The van der Waals surface area contributed by atoms with E-state index in [1.807, 2.05) is 6.92 Å². The van der Waals surface area contributed by atoms with E-state index in [2.05, 4.69) is 9.62 Å². The molecule has 3 N–H and O–H groups in total. The first-order valence-corrected chi connectivity index (χ1v) is 6.71. The van der Waals surface area contributed by atoms with Crippen molar-refractivity contribution in [1.29, 1.82) is 0 Å². The Morgan fingerprint density at radius 2 is 2.20 bits per heavy atom. The first-order valence-electron chi connectivity index (χ1n) is 4.82. The van der Waals surface area contributed by atoms with E-state index in [1.165, 1.54) is 6.26 Å². The van der Waals surface area contributed by atoms with Crippen molar-refractivity contribution in [3.63, 3.8) is 0 Å². The molecule has 92 valence electrons. The summed E-state index contributed by atoms with van der Waals surface area (Å²) >= 11 is 0. The highest BCUT2D eigenvalue weighted by molar-refractivity contribution is 7.88. The molecule has 1 heterocycles. The van der Waals surface area contributed by atoms with E-state index in [9.17, 15) is 8.42 Å². The highest BCUT2D eigenvalue weighted by Crippen LogP contribution is 2.09. The van der Waals surface area contributed by atoms with Gasteiger partial charge in [0.1, 0.15) is 0 Å². The van der Waals surface area contributed by atoms with Gasteiger partial charge in [-0.15, -0.1) is 12.4 Å². The molecule has 0 aromatic rings. The number of hydrogen-bond acceptors (Lipinski definition) is 4. The molecule has 1 rings (SSSR count). The number of nitrogens with two attached hydrogens (primary N) is 1. The summed E-state index contributed by atoms with van der Waals surface area (Å²) in [5.74, 6) is 0. The van der Waals surface area contributed by atoms with Crippen LogP contribution in [0.2, 0.25) is 0 Å². The van der Waals surface area contributed by atoms with Crippen LogP contribution >= 0.6 is 12.4 Å². The lowest BCUT2D eigenvalue weighted by molar-refractivity contribution is 0.315. The van der Waals surface area contributed by atoms with E-state index in [4.69, 9.17) is 5.73 Å². The minimum atomic E-state index is -3.07. The Hall–Kier alpha value is 0.120. The van der Waals surface area contributed by atoms with Gasteiger partial charge in [0.15, 0.2) is 0 Å². The highest BCUT2D eigenvalue weighted by Gasteiger charge is 2.24. The summed E-state index contributed by atoms with van der Waals surface area (Å²) in [6.45, 7) is 4.49. The van der Waals surface area contributed by atoms with Crippen molar-refractivity contribution in [2.24, 2.45) is 5.73 Å². The number of hydrogen-bond donors (Lipinski definition) is 2. The summed E-state index contributed by atoms with van der Waals surface area (Å²) in [4.78, 5) is 2.19. The predicted octanol–water partition coefficient (Wildman–Crippen LogP) is -0.621. The number of likely N-dealkylation sites (tertiary alicyclic amines) is 1. The first-order chi connectivity index (χ1) is 6.37. The Morgan fingerprint density at radius 1 is 1.60 bits per heavy atom. The smallest absolute Gasteiger partial charge is 0.208 e. The summed E-state index contributed by atoms with van der Waals surface area (Å²) in [5, 5.41) is 0. The number of rotatable bonds is 4. The van der Waals surface area contributed by atoms with Crippen molar-refractivity contribution >= 4 is 22.4 Å². The van der Waals surface area contributed by atoms with Crippen LogP contribution in [0.1, 0.15) is 13.3 Å². The van der Waals surface area contributed by atoms with Gasteiger partial charge in [-0.2, -0.15) is 0 Å². The van der Waals surface area contributed by atoms with E-state index in [1.54, 1.807) is 0 Å². The minimum absolute atomic E-state index is 0. The Bertz CT molecular complexity index is 282. The summed E-state index contributed by atoms with van der Waals surface area (Å²) in [6, 6.07) is 0.204. The van der Waals surface area contributed by atoms with Gasteiger partial charge in [0.05, 0.1) is 6.26 Å². The second-order valence-corrected chi connectivity index (χ2v) is 5.89. The Balaban J connectivity index is 0.00000196. The standard InChI is InChI=1S/C8H19N3O2S.ClH/c1-7(9)5-11-4-3-8(6-11)10-14(2,12)13;/h7-8,10H,3-6,9H2,1-2H3;1H. The van der Waals surface area contributed by atoms with Crippen molar-refractivity contribution in [3.05, 3.63) is 0 Å². The molecule has 0 aromatic carbocycles. The molecule has 1 aliphatic rings. The topological polar surface area (TPSA) is 75.4 Å². The third-order valence-electron chi connectivity index (χ3n) is 2.20. The van der Waals surface area contributed by atoms with Gasteiger partial charge in [-0.3, -0.25) is 0 Å². The third-order valence-corrected chi connectivity index (χ3v) is 2.96. The molecule has 1 saturated heterocycles. The van der Waals surface area contributed by atoms with Gasteiger partial charge in [-0.25, -0.2) is 13.1 Å². The molecule has 0 radical (unpaired) electrons. The number of sulfonamides is 1. The molecule has 0 amide bonds. The van der Waals surface area contributed by atoms with Crippen LogP contribution in [0, 0.1) is 0 Å². The van der Waals surface area contributed by atoms with Gasteiger partial charge in [0, 0.05) is 25.2 Å². The van der Waals surface area contributed by atoms with Crippen LogP contribution in [0.4, 0.5) is 0 Å². The molecular weight excluding hydrogens is 238 g/mol. The highest BCUT2D eigenvalue weighted by atomic mass is 35.5. The molecule has 2 unspecified atom stereocenters. The van der Waals surface area contributed by atoms with Gasteiger partial charge in [-0.1, -0.05) is 0 Å². The van der Waals surface area contributed by atoms with E-state index < -0.39 is 10.0 Å². The van der Waals surface area contributed by atoms with Gasteiger partial charge in [0.2, 0.25) is 10.0 Å². The lowest BCUT2D eigenvalue weighted by Gasteiger charge is -2.18. The molecule has 15 heavy (non-hydrogen) atoms. The molecule has 0 spiro atoms. The van der Waals surface area contributed by atoms with E-state index >= 15 is 0 Å². The molecule has 0 bridgehead atoms. The molecule has 0 saturated carbocycles. The van der Waals surface area contributed by atoms with Crippen LogP contribution in [0.5, 0.6) is 0 Å². The van der Waals surface area contributed by atoms with Crippen LogP contribution in [0.15, 0.2) is 0 Å². The van der Waals surface area contributed by atoms with Crippen LogP contribution < -0.4 is 10.5 Å². The van der Waals surface area contributed by atoms with Crippen molar-refractivity contribution in [1.82, 2.24) is 9.62 Å². The second kappa shape index (κ2) is 6.00. The SMILES string of the molecule is CC(N)CN1CCC(NS(C)(=O)=O)C1.Cl. The zero-order valence-electron chi connectivity index (χ0n) is 9.14. The normalized spacial score (nSPS) is 24.9. The lowest BCUT2D eigenvalue weighted by atomic mass is 10.3. The quantitative estimate of drug-likeness (QED) is 0.704. The number of halogens is 1. The fourth-order valence-corrected chi connectivity index (χ4v) is 2.60. The summed E-state index contributed by atoms with van der Waals surface area (Å²) in [5.41, 5.74) is 5.66. The first kappa shape index (κ1) is 15.1. The molecule has 7 heteroatoms. The Labute approximate surface area is 97.9 Å². The van der Waals surface area contributed by atoms with Crippen LogP contribution in [-0.2, 0) is 10.0 Å². The number of nitrogens with one attached hydrogen (secondary N) is 1. The van der Waals surface area contributed by atoms with Crippen LogP contribution in [0.3, 0.4) is 0 Å². The molecule has 1 fully saturated rings. The van der Waals surface area contributed by atoms with Crippen LogP contribution in [0.25, 0.3) is 0 Å². The summed E-state index contributed by atoms with van der Waals surface area (Å²) in [6.07, 6.45) is 2.07. The molecular formula is C8H20ClN3O2S. The minimum Gasteiger partial charge on any atom is -0.327 e. The Morgan fingerprint density at radius 3 is 2.67 bits per heavy atom. The summed E-state index contributed by atoms with van der Waals surface area (Å²) < 4.78 is 24.5. The summed E-state index contributed by atoms with van der Waals surface area (Å²) in [7, 11) is -3.07. The molecule has 1 aliphatic heterocycles. The largest absolute Gasteiger partial charge is 0.327 e. The van der Waals surface area contributed by atoms with E-state index in [0.717, 1.165) is 26.1 Å². The van der Waals surface area contributed by atoms with Gasteiger partial charge in [0.25, 0.3) is 0 Å². The van der Waals surface area contributed by atoms with Crippen molar-refractivity contribution in [2.45, 2.75) is 25.4 Å². The zero-order valence-corrected chi connectivity index (χ0v) is 10.8. The predicted molar refractivity (Wildman–Crippen MR) is 63.7 cm³/mol. The maximum absolute atomic E-state index is 11.0. The van der Waals surface area contributed by atoms with E-state index in [-0.39, 0.29) is 24.5 Å². The average Bonchev–Trinajstić information content (AvgIpc) is 2.30. The van der Waals surface area contributed by atoms with Crippen molar-refractivity contribution in [2.75, 3.05) is 25.9 Å². The fraction of sp³-hybridized carbons (Fsp3) is 1.00. The van der Waals surface area contributed by atoms with Crippen molar-refractivity contribution in [3.8, 4) is 0 Å². The van der Waals surface area contributed by atoms with Crippen molar-refractivity contribution < 1.29 is 8.42 Å².